The monoisotopic (exact) mass is 422 g/mol. The Morgan fingerprint density at radius 3 is 2.65 bits per heavy atom. The number of ether oxygens (including phenoxy) is 1. The average Bonchev–Trinajstić information content (AvgIpc) is 3.19. The van der Waals surface area contributed by atoms with Crippen LogP contribution in [0.3, 0.4) is 0 Å². The van der Waals surface area contributed by atoms with E-state index < -0.39 is 0 Å². The molecule has 2 aromatic carbocycles. The van der Waals surface area contributed by atoms with Gasteiger partial charge in [-0.3, -0.25) is 0 Å². The highest BCUT2D eigenvalue weighted by molar-refractivity contribution is 6.07. The third kappa shape index (κ3) is 3.57. The van der Waals surface area contributed by atoms with Crippen LogP contribution in [0, 0.1) is 11.7 Å². The van der Waals surface area contributed by atoms with E-state index in [0.29, 0.717) is 17.9 Å². The van der Waals surface area contributed by atoms with Crippen LogP contribution in [0.2, 0.25) is 0 Å². The Hall–Kier alpha value is -2.93. The Morgan fingerprint density at radius 1 is 1.16 bits per heavy atom. The number of fused-ring (bicyclic) bond motifs is 3. The van der Waals surface area contributed by atoms with E-state index in [9.17, 15) is 9.18 Å². The Bertz CT molecular complexity index is 1000. The van der Waals surface area contributed by atoms with E-state index in [2.05, 4.69) is 11.9 Å². The molecule has 5 rings (SSSR count). The number of benzene rings is 2. The zero-order valence-corrected chi connectivity index (χ0v) is 17.9. The first-order chi connectivity index (χ1) is 15.0. The third-order valence-corrected chi connectivity index (χ3v) is 6.72. The number of carbonyl (C=O) groups is 1. The van der Waals surface area contributed by atoms with Crippen LogP contribution in [0.5, 0.6) is 5.75 Å². The fraction of sp³-hybridized carbons (Fsp3) is 0.417. The van der Waals surface area contributed by atoms with Gasteiger partial charge in [0.1, 0.15) is 11.6 Å². The molecule has 0 aliphatic carbocycles. The number of urea groups is 1. The van der Waals surface area contributed by atoms with E-state index in [1.165, 1.54) is 12.1 Å². The van der Waals surface area contributed by atoms with Gasteiger partial charge in [0.25, 0.3) is 0 Å². The van der Waals surface area contributed by atoms with E-state index in [1.807, 2.05) is 42.3 Å². The van der Waals surface area contributed by atoms with E-state index in [-0.39, 0.29) is 29.8 Å². The number of rotatable bonds is 2. The van der Waals surface area contributed by atoms with Gasteiger partial charge < -0.3 is 14.5 Å². The van der Waals surface area contributed by atoms with Gasteiger partial charge >= 0.3 is 6.03 Å². The van der Waals surface area contributed by atoms with Gasteiger partial charge in [-0.1, -0.05) is 30.3 Å². The molecule has 0 radical (unpaired) electrons. The molecule has 0 aromatic heterocycles. The number of hydrogen-bond donors (Lipinski definition) is 0. The van der Waals surface area contributed by atoms with Crippen molar-refractivity contribution in [2.45, 2.75) is 24.9 Å². The van der Waals surface area contributed by atoms with Gasteiger partial charge in [0.2, 0.25) is 0 Å². The molecule has 6 nitrogen and oxygen atoms in total. The normalized spacial score (nSPS) is 23.6. The number of likely N-dealkylation sites (tertiary alicyclic amines) is 1. The molecule has 3 aliphatic rings. The van der Waals surface area contributed by atoms with Crippen LogP contribution in [-0.4, -0.2) is 66.4 Å². The van der Waals surface area contributed by atoms with Crippen LogP contribution in [0.4, 0.5) is 9.18 Å². The second kappa shape index (κ2) is 7.96. The molecule has 0 spiro atoms. The Morgan fingerprint density at radius 2 is 1.90 bits per heavy atom. The number of piperidine rings is 1. The molecule has 2 amide bonds. The maximum atomic E-state index is 14.0. The quantitative estimate of drug-likeness (QED) is 0.741. The van der Waals surface area contributed by atoms with Crippen LogP contribution in [0.1, 0.15) is 30.0 Å². The highest BCUT2D eigenvalue weighted by Crippen LogP contribution is 2.43. The second-order valence-corrected chi connectivity index (χ2v) is 8.67. The SMILES string of the molecule is CN1CCC(N(C)C(=O)N2N=C3c4cc(F)ccc4OC[C@@H]3[C@@H]2c2ccccc2)CC1. The Kier molecular flexibility index (Phi) is 5.14. The van der Waals surface area contributed by atoms with Crippen LogP contribution >= 0.6 is 0 Å². The van der Waals surface area contributed by atoms with E-state index in [4.69, 9.17) is 9.84 Å². The maximum absolute atomic E-state index is 14.0. The molecule has 0 saturated carbocycles. The summed E-state index contributed by atoms with van der Waals surface area (Å²) in [5.41, 5.74) is 2.36. The van der Waals surface area contributed by atoms with Crippen molar-refractivity contribution in [3.63, 3.8) is 0 Å². The van der Waals surface area contributed by atoms with Gasteiger partial charge in [-0.25, -0.2) is 14.2 Å². The largest absolute Gasteiger partial charge is 0.492 e. The third-order valence-electron chi connectivity index (χ3n) is 6.72. The summed E-state index contributed by atoms with van der Waals surface area (Å²) >= 11 is 0. The first-order valence-corrected chi connectivity index (χ1v) is 10.8. The van der Waals surface area contributed by atoms with Crippen molar-refractivity contribution in [3.8, 4) is 5.75 Å². The molecule has 162 valence electrons. The zero-order chi connectivity index (χ0) is 21.5. The summed E-state index contributed by atoms with van der Waals surface area (Å²) in [4.78, 5) is 17.8. The predicted octanol–water partition coefficient (Wildman–Crippen LogP) is 3.74. The van der Waals surface area contributed by atoms with Gasteiger partial charge in [0.05, 0.1) is 24.3 Å². The fourth-order valence-corrected chi connectivity index (χ4v) is 4.89. The number of halogens is 1. The molecule has 7 heteroatoms. The molecule has 0 N–H and O–H groups in total. The summed E-state index contributed by atoms with van der Waals surface area (Å²) < 4.78 is 20.0. The topological polar surface area (TPSA) is 48.4 Å². The second-order valence-electron chi connectivity index (χ2n) is 8.67. The molecule has 2 atom stereocenters. The Labute approximate surface area is 181 Å². The summed E-state index contributed by atoms with van der Waals surface area (Å²) in [5.74, 6) is 0.128. The fourth-order valence-electron chi connectivity index (χ4n) is 4.89. The molecule has 0 bridgehead atoms. The van der Waals surface area contributed by atoms with Crippen LogP contribution < -0.4 is 4.74 Å². The molecule has 2 aromatic rings. The lowest BCUT2D eigenvalue weighted by Gasteiger charge is -2.37. The molecule has 0 unspecified atom stereocenters. The van der Waals surface area contributed by atoms with Gasteiger partial charge in [0, 0.05) is 18.7 Å². The van der Waals surface area contributed by atoms with Gasteiger partial charge in [-0.05, 0) is 56.7 Å². The lowest BCUT2D eigenvalue weighted by Crippen LogP contribution is -2.49. The highest BCUT2D eigenvalue weighted by Gasteiger charge is 2.46. The minimum absolute atomic E-state index is 0.122. The van der Waals surface area contributed by atoms with E-state index in [1.54, 1.807) is 11.1 Å². The van der Waals surface area contributed by atoms with Crippen molar-refractivity contribution < 1.29 is 13.9 Å². The lowest BCUT2D eigenvalue weighted by molar-refractivity contribution is 0.102. The first kappa shape index (κ1) is 20.0. The van der Waals surface area contributed by atoms with E-state index in [0.717, 1.165) is 37.2 Å². The lowest BCUT2D eigenvalue weighted by atomic mass is 9.86. The summed E-state index contributed by atoms with van der Waals surface area (Å²) in [5, 5.41) is 6.38. The van der Waals surface area contributed by atoms with Gasteiger partial charge in [0.15, 0.2) is 0 Å². The standard InChI is InChI=1S/C24H27FN4O2/c1-27-12-10-18(11-13-27)28(2)24(30)29-23(16-6-4-3-5-7-16)20-15-31-21-9-8-17(25)14-19(21)22(20)26-29/h3-9,14,18,20,23H,10-13,15H2,1-2H3/t20-,23-/m0/s1. The van der Waals surface area contributed by atoms with E-state index >= 15 is 0 Å². The molecular formula is C24H27FN4O2. The average molecular weight is 423 g/mol. The van der Waals surface area contributed by atoms with Gasteiger partial charge in [-0.15, -0.1) is 0 Å². The number of nitrogens with zero attached hydrogens (tertiary/aromatic N) is 4. The van der Waals surface area contributed by atoms with Crippen LogP contribution in [0.15, 0.2) is 53.6 Å². The van der Waals surface area contributed by atoms with Crippen molar-refractivity contribution >= 4 is 11.7 Å². The minimum Gasteiger partial charge on any atom is -0.492 e. The molecule has 3 heterocycles. The van der Waals surface area contributed by atoms with Gasteiger partial charge in [-0.2, -0.15) is 5.10 Å². The van der Waals surface area contributed by atoms with Crippen molar-refractivity contribution in [2.75, 3.05) is 33.8 Å². The highest BCUT2D eigenvalue weighted by atomic mass is 19.1. The van der Waals surface area contributed by atoms with Crippen molar-refractivity contribution in [2.24, 2.45) is 11.0 Å². The van der Waals surface area contributed by atoms with Crippen molar-refractivity contribution in [1.82, 2.24) is 14.8 Å². The molecular weight excluding hydrogens is 395 g/mol. The summed E-state index contributed by atoms with van der Waals surface area (Å²) in [6.45, 7) is 2.35. The van der Waals surface area contributed by atoms with Crippen LogP contribution in [-0.2, 0) is 0 Å². The summed E-state index contributed by atoms with van der Waals surface area (Å²) in [6, 6.07) is 14.2. The zero-order valence-electron chi connectivity index (χ0n) is 17.9. The smallest absolute Gasteiger partial charge is 0.341 e. The molecule has 31 heavy (non-hydrogen) atoms. The maximum Gasteiger partial charge on any atom is 0.341 e. The number of hydrogen-bond acceptors (Lipinski definition) is 4. The predicted molar refractivity (Wildman–Crippen MR) is 117 cm³/mol. The Balaban J connectivity index is 1.51. The molecule has 1 saturated heterocycles. The minimum atomic E-state index is -0.338. The summed E-state index contributed by atoms with van der Waals surface area (Å²) in [6.07, 6.45) is 1.89. The molecule has 3 aliphatic heterocycles. The first-order valence-electron chi connectivity index (χ1n) is 10.8. The number of hydrazone groups is 1. The van der Waals surface area contributed by atoms with Crippen molar-refractivity contribution in [3.05, 3.63) is 65.5 Å². The van der Waals surface area contributed by atoms with Crippen LogP contribution in [0.25, 0.3) is 0 Å². The number of carbonyl (C=O) groups excluding carboxylic acids is 1. The molecule has 1 fully saturated rings. The summed E-state index contributed by atoms with van der Waals surface area (Å²) in [7, 11) is 3.98. The van der Waals surface area contributed by atoms with Crippen molar-refractivity contribution in [1.29, 1.82) is 0 Å². The number of amides is 2.